The Kier molecular flexibility index (Phi) is 12.4. The molecular formula is C47H50N6O2S2. The Morgan fingerprint density at radius 1 is 0.561 bits per heavy atom. The van der Waals surface area contributed by atoms with Gasteiger partial charge >= 0.3 is 0 Å². The summed E-state index contributed by atoms with van der Waals surface area (Å²) >= 11 is 3.64. The minimum Gasteiger partial charge on any atom is -0.368 e. The Morgan fingerprint density at radius 3 is 1.61 bits per heavy atom. The second kappa shape index (κ2) is 18.3. The van der Waals surface area contributed by atoms with Crippen LogP contribution in [-0.4, -0.2) is 73.8 Å². The molecule has 8 aromatic rings. The van der Waals surface area contributed by atoms with Gasteiger partial charge in [-0.25, -0.2) is 0 Å². The van der Waals surface area contributed by atoms with Crippen LogP contribution in [0.2, 0.25) is 0 Å². The van der Waals surface area contributed by atoms with E-state index in [0.29, 0.717) is 0 Å². The maximum atomic E-state index is 11.5. The third-order valence-corrected chi connectivity index (χ3v) is 12.7. The highest BCUT2D eigenvalue weighted by Gasteiger charge is 2.19. The van der Waals surface area contributed by atoms with Gasteiger partial charge in [0.05, 0.1) is 0 Å². The second-order valence-corrected chi connectivity index (χ2v) is 16.7. The van der Waals surface area contributed by atoms with Crippen molar-refractivity contribution in [2.24, 2.45) is 0 Å². The van der Waals surface area contributed by atoms with Gasteiger partial charge < -0.3 is 25.1 Å². The molecule has 0 spiro atoms. The van der Waals surface area contributed by atoms with Gasteiger partial charge in [0.15, 0.2) is 0 Å². The van der Waals surface area contributed by atoms with E-state index in [-0.39, 0.29) is 11.1 Å². The molecule has 10 heteroatoms. The van der Waals surface area contributed by atoms with Crippen LogP contribution in [0.3, 0.4) is 0 Å². The largest absolute Gasteiger partial charge is 0.368 e. The van der Waals surface area contributed by atoms with Crippen molar-refractivity contribution in [2.75, 3.05) is 68.7 Å². The molecule has 2 saturated heterocycles. The molecule has 0 bridgehead atoms. The SMILES string of the molecule is CCCc1ccc2ccc(=O)[nH]c2c1.O=c1ccc2ccc(CCN3CCN(c4cccc5sccc45)CC3)cc2[nH]1.c1cc(N2CCNCC2)c2ccsc2c1. The summed E-state index contributed by atoms with van der Waals surface area (Å²) in [5, 5.41) is 12.7. The smallest absolute Gasteiger partial charge is 0.248 e. The van der Waals surface area contributed by atoms with E-state index in [4.69, 9.17) is 0 Å². The fourth-order valence-corrected chi connectivity index (χ4v) is 9.52. The molecule has 57 heavy (non-hydrogen) atoms. The van der Waals surface area contributed by atoms with Gasteiger partial charge in [-0.05, 0) is 106 Å². The molecule has 0 unspecified atom stereocenters. The predicted octanol–water partition coefficient (Wildman–Crippen LogP) is 8.90. The number of hydrogen-bond acceptors (Lipinski definition) is 8. The van der Waals surface area contributed by atoms with Crippen LogP contribution in [0.4, 0.5) is 11.4 Å². The van der Waals surface area contributed by atoms with Crippen molar-refractivity contribution in [2.45, 2.75) is 26.2 Å². The summed E-state index contributed by atoms with van der Waals surface area (Å²) in [6.45, 7) is 12.0. The number of nitrogens with zero attached hydrogens (tertiary/aromatic N) is 3. The van der Waals surface area contributed by atoms with E-state index in [9.17, 15) is 9.59 Å². The van der Waals surface area contributed by atoms with Crippen molar-refractivity contribution in [3.8, 4) is 0 Å². The van der Waals surface area contributed by atoms with E-state index in [2.05, 4.69) is 133 Å². The highest BCUT2D eigenvalue weighted by atomic mass is 32.1. The molecule has 8 nitrogen and oxygen atoms in total. The van der Waals surface area contributed by atoms with Crippen LogP contribution in [0, 0.1) is 0 Å². The summed E-state index contributed by atoms with van der Waals surface area (Å²) in [5.41, 5.74) is 7.11. The monoisotopic (exact) mass is 794 g/mol. The van der Waals surface area contributed by atoms with Crippen molar-refractivity contribution in [3.63, 3.8) is 0 Å². The summed E-state index contributed by atoms with van der Waals surface area (Å²) in [4.78, 5) is 35.9. The van der Waals surface area contributed by atoms with Crippen molar-refractivity contribution in [1.82, 2.24) is 20.2 Å². The van der Waals surface area contributed by atoms with Crippen LogP contribution in [0.15, 0.2) is 130 Å². The Labute approximate surface area is 341 Å². The molecule has 6 heterocycles. The third-order valence-electron chi connectivity index (χ3n) is 11.0. The topological polar surface area (TPSA) is 87.5 Å². The van der Waals surface area contributed by atoms with E-state index >= 15 is 0 Å². The number of aryl methyl sites for hydroxylation is 1. The molecule has 4 aromatic carbocycles. The number of aromatic nitrogens is 2. The van der Waals surface area contributed by atoms with Gasteiger partial charge in [0, 0.05) is 114 Å². The molecule has 4 aromatic heterocycles. The Balaban J connectivity index is 0.000000132. The van der Waals surface area contributed by atoms with Crippen LogP contribution in [0.25, 0.3) is 42.0 Å². The lowest BCUT2D eigenvalue weighted by molar-refractivity contribution is 0.261. The summed E-state index contributed by atoms with van der Waals surface area (Å²) < 4.78 is 2.76. The Morgan fingerprint density at radius 2 is 1.07 bits per heavy atom. The number of aromatic amines is 2. The average molecular weight is 795 g/mol. The number of rotatable bonds is 7. The number of nitrogens with one attached hydrogen (secondary N) is 3. The maximum absolute atomic E-state index is 11.5. The van der Waals surface area contributed by atoms with Crippen molar-refractivity contribution >= 4 is 76.0 Å². The predicted molar refractivity (Wildman–Crippen MR) is 244 cm³/mol. The van der Waals surface area contributed by atoms with Crippen LogP contribution < -0.4 is 26.2 Å². The summed E-state index contributed by atoms with van der Waals surface area (Å²) in [6, 6.07) is 37.2. The van der Waals surface area contributed by atoms with Crippen LogP contribution in [0.5, 0.6) is 0 Å². The molecule has 0 amide bonds. The van der Waals surface area contributed by atoms with Gasteiger partial charge in [-0.15, -0.1) is 22.7 Å². The third kappa shape index (κ3) is 9.48. The average Bonchev–Trinajstić information content (AvgIpc) is 3.94. The molecule has 2 aliphatic heterocycles. The number of anilines is 2. The summed E-state index contributed by atoms with van der Waals surface area (Å²) in [5.74, 6) is 0. The number of H-pyrrole nitrogens is 2. The Hall–Kier alpha value is -5.26. The standard InChI is InChI=1S/C23H23N3OS.C12H14N2S.C12H13NO/c27-23-7-6-18-5-4-17(16-20(18)24-23)8-10-25-11-13-26(14-12-25)21-2-1-3-22-19(21)9-15-28-22;1-2-11(14-7-5-13-6-8-14)10-4-9-15-12(10)3-1;1-2-3-9-4-5-10-6-7-12(14)13-11(10)8-9/h1-7,9,15-16H,8,10-14H2,(H,24,27);1-4,9,13H,5-8H2;4-8H,2-3H2,1H3,(H,13,14). The van der Waals surface area contributed by atoms with Gasteiger partial charge in [0.2, 0.25) is 11.1 Å². The zero-order valence-corrected chi connectivity index (χ0v) is 34.1. The van der Waals surface area contributed by atoms with Crippen LogP contribution in [-0.2, 0) is 12.8 Å². The number of fused-ring (bicyclic) bond motifs is 4. The highest BCUT2D eigenvalue weighted by Crippen LogP contribution is 2.32. The van der Waals surface area contributed by atoms with E-state index in [1.54, 1.807) is 12.1 Å². The molecule has 0 atom stereocenters. The molecule has 3 N–H and O–H groups in total. The van der Waals surface area contributed by atoms with Gasteiger partial charge in [-0.1, -0.05) is 49.7 Å². The van der Waals surface area contributed by atoms with E-state index < -0.39 is 0 Å². The number of piperazine rings is 2. The van der Waals surface area contributed by atoms with Gasteiger partial charge in [0.1, 0.15) is 0 Å². The minimum absolute atomic E-state index is 0.0360. The molecule has 2 aliphatic rings. The lowest BCUT2D eigenvalue weighted by Gasteiger charge is -2.36. The lowest BCUT2D eigenvalue weighted by atomic mass is 10.1. The second-order valence-electron chi connectivity index (χ2n) is 14.8. The number of benzene rings is 4. The number of pyridine rings is 2. The minimum atomic E-state index is -0.0404. The summed E-state index contributed by atoms with van der Waals surface area (Å²) in [6.07, 6.45) is 3.20. The van der Waals surface area contributed by atoms with Crippen LogP contribution in [0.1, 0.15) is 24.5 Å². The summed E-state index contributed by atoms with van der Waals surface area (Å²) in [7, 11) is 0. The van der Waals surface area contributed by atoms with Gasteiger partial charge in [-0.3, -0.25) is 14.5 Å². The molecule has 2 fully saturated rings. The van der Waals surface area contributed by atoms with Crippen molar-refractivity contribution in [3.05, 3.63) is 152 Å². The first-order valence-corrected chi connectivity index (χ1v) is 21.9. The quantitative estimate of drug-likeness (QED) is 0.150. The van der Waals surface area contributed by atoms with Gasteiger partial charge in [0.25, 0.3) is 0 Å². The van der Waals surface area contributed by atoms with Gasteiger partial charge in [-0.2, -0.15) is 0 Å². The number of hydrogen-bond donors (Lipinski definition) is 3. The van der Waals surface area contributed by atoms with E-state index in [1.807, 2.05) is 34.8 Å². The first-order valence-electron chi connectivity index (χ1n) is 20.1. The zero-order valence-electron chi connectivity index (χ0n) is 32.5. The van der Waals surface area contributed by atoms with E-state index in [1.165, 1.54) is 42.7 Å². The maximum Gasteiger partial charge on any atom is 0.248 e. The normalized spacial score (nSPS) is 14.8. The van der Waals surface area contributed by atoms with Crippen molar-refractivity contribution < 1.29 is 0 Å². The van der Waals surface area contributed by atoms with Crippen LogP contribution >= 0.6 is 22.7 Å². The molecule has 0 aliphatic carbocycles. The first kappa shape index (κ1) is 38.6. The van der Waals surface area contributed by atoms with Crippen molar-refractivity contribution in [1.29, 1.82) is 0 Å². The molecule has 10 rings (SSSR count). The zero-order chi connectivity index (χ0) is 39.0. The lowest BCUT2D eigenvalue weighted by Crippen LogP contribution is -2.47. The molecule has 0 radical (unpaired) electrons. The van der Waals surface area contributed by atoms with E-state index in [0.717, 1.165) is 100.0 Å². The molecule has 0 saturated carbocycles. The fraction of sp³-hybridized carbons (Fsp3) is 0.277. The Bertz CT molecular complexity index is 2680. The highest BCUT2D eigenvalue weighted by molar-refractivity contribution is 7.17. The fourth-order valence-electron chi connectivity index (χ4n) is 7.91. The molecular weight excluding hydrogens is 745 g/mol. The number of thiophene rings is 2. The molecule has 292 valence electrons. The first-order chi connectivity index (χ1) is 28.0.